The number of aliphatic hydroxyl groups excluding tert-OH is 1. The molecule has 7 aliphatic rings. The van der Waals surface area contributed by atoms with Gasteiger partial charge in [0.1, 0.15) is 35.9 Å². The Balaban J connectivity index is 1.17. The van der Waals surface area contributed by atoms with Crippen molar-refractivity contribution in [1.29, 1.82) is 0 Å². The lowest BCUT2D eigenvalue weighted by molar-refractivity contribution is -0.305. The number of allylic oxidation sites excluding steroid dienone is 2. The molecule has 1 spiro atoms. The lowest BCUT2D eigenvalue weighted by Crippen LogP contribution is -2.58. The molecule has 4 fully saturated rings. The summed E-state index contributed by atoms with van der Waals surface area (Å²) in [5.74, 6) is -3.72. The van der Waals surface area contributed by atoms with E-state index in [-0.39, 0.29) is 36.9 Å². The van der Waals surface area contributed by atoms with E-state index < -0.39 is 103 Å². The quantitative estimate of drug-likeness (QED) is 0.138. The molecule has 15 nitrogen and oxygen atoms in total. The molecule has 3 N–H and O–H groups in total. The van der Waals surface area contributed by atoms with Crippen LogP contribution in [0.2, 0.25) is 0 Å². The fourth-order valence-electron chi connectivity index (χ4n) is 10.8. The maximum Gasteiger partial charge on any atom is 0.328 e. The number of ether oxygens (including phenoxy) is 10. The van der Waals surface area contributed by atoms with Crippen LogP contribution in [0.25, 0.3) is 0 Å². The first-order chi connectivity index (χ1) is 30.9. The highest BCUT2D eigenvalue weighted by Crippen LogP contribution is 2.47. The van der Waals surface area contributed by atoms with Crippen LogP contribution in [0, 0.1) is 23.7 Å². The topological polar surface area (TPSA) is 187 Å². The number of carbonyl (C=O) groups excluding carboxylic acids is 1. The number of methoxy groups -OCH3 is 2. The van der Waals surface area contributed by atoms with E-state index >= 15 is 0 Å². The van der Waals surface area contributed by atoms with Crippen molar-refractivity contribution >= 4 is 11.9 Å². The van der Waals surface area contributed by atoms with E-state index in [4.69, 9.17) is 47.4 Å². The van der Waals surface area contributed by atoms with E-state index in [9.17, 15) is 24.9 Å². The normalized spacial score (nSPS) is 46.9. The number of carboxylic acid groups (broad SMARTS) is 1. The molecule has 0 aromatic carbocycles. The first-order valence-electron chi connectivity index (χ1n) is 23.5. The van der Waals surface area contributed by atoms with Crippen molar-refractivity contribution in [2.75, 3.05) is 20.8 Å². The van der Waals surface area contributed by atoms with Gasteiger partial charge in [-0.2, -0.15) is 0 Å². The lowest BCUT2D eigenvalue weighted by Gasteiger charge is -2.48. The van der Waals surface area contributed by atoms with E-state index in [1.807, 2.05) is 39.0 Å². The summed E-state index contributed by atoms with van der Waals surface area (Å²) in [7, 11) is 3.16. The Morgan fingerprint density at radius 3 is 2.43 bits per heavy atom. The average molecular weight is 913 g/mol. The third kappa shape index (κ3) is 10.5. The molecule has 0 saturated carbocycles. The Bertz CT molecular complexity index is 1900. The minimum atomic E-state index is -1.85. The van der Waals surface area contributed by atoms with Crippen molar-refractivity contribution in [3.05, 3.63) is 70.9 Å². The van der Waals surface area contributed by atoms with Crippen LogP contribution in [0.1, 0.15) is 93.9 Å². The van der Waals surface area contributed by atoms with Crippen LogP contribution in [0.4, 0.5) is 0 Å². The molecule has 7 rings (SSSR count). The van der Waals surface area contributed by atoms with Gasteiger partial charge < -0.3 is 62.7 Å². The zero-order chi connectivity index (χ0) is 47.0. The summed E-state index contributed by atoms with van der Waals surface area (Å²) in [6.07, 6.45) is 9.65. The molecule has 0 radical (unpaired) electrons. The standard InChI is InChI=1S/C50H72O15/c1-11-26(2)45-29(5)17-18-49(65-45)24-35-20-34(64-49)16-15-28(4)44(27(3)13-12-14-33-25-58-47-43(53)30(6)19-37(48(54)61-35)50(33,47)55)62-42-23-39(57-10)46(32(8)60-42)63-41-22-38(56-9)36(21-40(51)52)31(7)59-41/h12-15,17-19,21,26-27,29,31-32,34-35,37-39,41-47,53,55H,11,16,20,22-25H2,1-10H3,(H,51,52)/b13-12+,28-15+,33-14+,36-21+. The van der Waals surface area contributed by atoms with Gasteiger partial charge in [-0.05, 0) is 68.4 Å². The maximum atomic E-state index is 14.4. The van der Waals surface area contributed by atoms with Crippen LogP contribution in [-0.2, 0) is 57.0 Å². The monoisotopic (exact) mass is 912 g/mol. The molecule has 0 aromatic rings. The summed E-state index contributed by atoms with van der Waals surface area (Å²) in [6, 6.07) is 0. The Morgan fingerprint density at radius 2 is 1.72 bits per heavy atom. The summed E-state index contributed by atoms with van der Waals surface area (Å²) >= 11 is 0. The largest absolute Gasteiger partial charge is 0.478 e. The summed E-state index contributed by atoms with van der Waals surface area (Å²) < 4.78 is 64.0. The van der Waals surface area contributed by atoms with Crippen molar-refractivity contribution in [1.82, 2.24) is 0 Å². The molecule has 6 aliphatic heterocycles. The minimum absolute atomic E-state index is 0.0174. The van der Waals surface area contributed by atoms with Gasteiger partial charge in [0.05, 0.1) is 49.3 Å². The number of hydrogen-bond donors (Lipinski definition) is 3. The first-order valence-corrected chi connectivity index (χ1v) is 23.5. The highest BCUT2D eigenvalue weighted by molar-refractivity contribution is 5.81. The molecule has 15 heteroatoms. The van der Waals surface area contributed by atoms with Gasteiger partial charge >= 0.3 is 11.9 Å². The van der Waals surface area contributed by atoms with Crippen LogP contribution in [0.15, 0.2) is 70.9 Å². The van der Waals surface area contributed by atoms with Gasteiger partial charge in [0.25, 0.3) is 0 Å². The van der Waals surface area contributed by atoms with Crippen molar-refractivity contribution < 1.29 is 72.3 Å². The smallest absolute Gasteiger partial charge is 0.328 e. The maximum absolute atomic E-state index is 14.4. The van der Waals surface area contributed by atoms with Gasteiger partial charge in [0, 0.05) is 57.8 Å². The molecular formula is C50H72O15. The third-order valence-electron chi connectivity index (χ3n) is 14.7. The van der Waals surface area contributed by atoms with Crippen molar-refractivity contribution in [3.8, 4) is 0 Å². The second kappa shape index (κ2) is 20.7. The summed E-state index contributed by atoms with van der Waals surface area (Å²) in [6.45, 7) is 16.0. The molecule has 1 aliphatic carbocycles. The first kappa shape index (κ1) is 49.8. The molecular weight excluding hydrogens is 841 g/mol. The number of rotatable bonds is 9. The number of carbonyl (C=O) groups is 2. The Labute approximate surface area is 383 Å². The predicted octanol–water partition coefficient (Wildman–Crippen LogP) is 6.03. The molecule has 19 unspecified atom stereocenters. The molecule has 0 aromatic heterocycles. The van der Waals surface area contributed by atoms with Crippen LogP contribution < -0.4 is 0 Å². The second-order valence-electron chi connectivity index (χ2n) is 19.3. The van der Waals surface area contributed by atoms with Gasteiger partial charge in [-0.25, -0.2) is 4.79 Å². The Morgan fingerprint density at radius 1 is 0.969 bits per heavy atom. The van der Waals surface area contributed by atoms with Crippen LogP contribution in [0.3, 0.4) is 0 Å². The van der Waals surface area contributed by atoms with Gasteiger partial charge in [-0.3, -0.25) is 4.79 Å². The minimum Gasteiger partial charge on any atom is -0.478 e. The number of hydrogen-bond acceptors (Lipinski definition) is 14. The van der Waals surface area contributed by atoms with E-state index in [1.165, 1.54) is 7.11 Å². The molecule has 65 heavy (non-hydrogen) atoms. The molecule has 4 saturated heterocycles. The van der Waals surface area contributed by atoms with E-state index in [0.29, 0.717) is 42.4 Å². The average Bonchev–Trinajstić information content (AvgIpc) is 3.61. The summed E-state index contributed by atoms with van der Waals surface area (Å²) in [4.78, 5) is 25.9. The van der Waals surface area contributed by atoms with E-state index in [2.05, 4.69) is 32.9 Å². The summed E-state index contributed by atoms with van der Waals surface area (Å²) in [5, 5.41) is 33.2. The molecule has 2 bridgehead atoms. The highest BCUT2D eigenvalue weighted by Gasteiger charge is 2.60. The fourth-order valence-corrected chi connectivity index (χ4v) is 10.8. The SMILES string of the molecule is CCC(C)C1OC2(C=CC1C)CC1CC(C/C=C(\C)C(OC3CC(OC)C(OC4CC(OC)/C(=C/C(=O)O)C(C)O4)C(C)O3)C(C)/C=C/C=C3\COC4C(O)C(C)=CC(C(=O)O1)C34O)O2. The van der Waals surface area contributed by atoms with Gasteiger partial charge in [0.15, 0.2) is 18.4 Å². The summed E-state index contributed by atoms with van der Waals surface area (Å²) in [5.41, 5.74) is 0.603. The molecule has 0 amide bonds. The predicted molar refractivity (Wildman–Crippen MR) is 237 cm³/mol. The highest BCUT2D eigenvalue weighted by atomic mass is 16.7. The Kier molecular flexibility index (Phi) is 15.8. The van der Waals surface area contributed by atoms with E-state index in [0.717, 1.165) is 18.1 Å². The van der Waals surface area contributed by atoms with Gasteiger partial charge in [0.2, 0.25) is 0 Å². The fraction of sp³-hybridized carbons (Fsp3) is 0.720. The number of carboxylic acids is 1. The number of esters is 1. The number of aliphatic hydroxyl groups is 2. The molecule has 362 valence electrons. The zero-order valence-electron chi connectivity index (χ0n) is 39.6. The zero-order valence-corrected chi connectivity index (χ0v) is 39.6. The van der Waals surface area contributed by atoms with Crippen LogP contribution in [-0.4, -0.2) is 139 Å². The number of aliphatic carboxylic acids is 1. The van der Waals surface area contributed by atoms with Crippen LogP contribution >= 0.6 is 0 Å². The Hall–Kier alpha value is -3.06. The van der Waals surface area contributed by atoms with Crippen molar-refractivity contribution in [3.63, 3.8) is 0 Å². The van der Waals surface area contributed by atoms with Crippen LogP contribution in [0.5, 0.6) is 0 Å². The number of fused-ring (bicyclic) bond motifs is 2. The van der Waals surface area contributed by atoms with E-state index in [1.54, 1.807) is 33.1 Å². The van der Waals surface area contributed by atoms with Gasteiger partial charge in [-0.15, -0.1) is 0 Å². The van der Waals surface area contributed by atoms with Gasteiger partial charge in [-0.1, -0.05) is 70.6 Å². The lowest BCUT2D eigenvalue weighted by atomic mass is 9.71. The third-order valence-corrected chi connectivity index (χ3v) is 14.7. The van der Waals surface area contributed by atoms with Crippen molar-refractivity contribution in [2.24, 2.45) is 23.7 Å². The van der Waals surface area contributed by atoms with Crippen molar-refractivity contribution in [2.45, 2.75) is 185 Å². The molecule has 19 atom stereocenters. The second-order valence-corrected chi connectivity index (χ2v) is 19.3. The molecule has 6 heterocycles.